The second kappa shape index (κ2) is 19.3. The van der Waals surface area contributed by atoms with Gasteiger partial charge in [-0.25, -0.2) is 8.78 Å². The Kier molecular flexibility index (Phi) is 16.8. The van der Waals surface area contributed by atoms with Crippen LogP contribution in [0.5, 0.6) is 0 Å². The van der Waals surface area contributed by atoms with Crippen LogP contribution in [0.2, 0.25) is 52.4 Å². The average Bonchev–Trinajstić information content (AvgIpc) is 3.63. The van der Waals surface area contributed by atoms with Crippen LogP contribution >= 0.6 is 18.6 Å². The first-order valence-corrected chi connectivity index (χ1v) is 37.9. The topological polar surface area (TPSA) is 26.1 Å². The second-order valence-corrected chi connectivity index (χ2v) is 50.5. The molecular formula is C45H66Cl2F2N2Si4Ti-2. The van der Waals surface area contributed by atoms with Crippen molar-refractivity contribution in [1.29, 1.82) is 0 Å². The summed E-state index contributed by atoms with van der Waals surface area (Å²) in [5.41, 5.74) is 10.8. The quantitative estimate of drug-likeness (QED) is 0.177. The van der Waals surface area contributed by atoms with Crippen molar-refractivity contribution >= 4 is 71.9 Å². The SMILES string of the molecule is CC1=Cc2c(F)ccc([Si](C)(C)[Si](C)(C)Nc3cc(C)cc(C)c3)c2C1.Cc1cc(C)cc([N-][Si](C)(C)[Si](C)(C)C2=CC=C(F)C3CC(C)CC23)c1.[CH3-].[Cl][Ti][Cl]. The van der Waals surface area contributed by atoms with E-state index in [1.54, 1.807) is 17.3 Å². The van der Waals surface area contributed by atoms with Crippen molar-refractivity contribution in [3.05, 3.63) is 129 Å². The molecule has 0 aromatic heterocycles. The van der Waals surface area contributed by atoms with Gasteiger partial charge in [-0.1, -0.05) is 129 Å². The van der Waals surface area contributed by atoms with Crippen molar-refractivity contribution in [1.82, 2.24) is 0 Å². The van der Waals surface area contributed by atoms with E-state index >= 15 is 0 Å². The predicted octanol–water partition coefficient (Wildman–Crippen LogP) is 14.8. The Morgan fingerprint density at radius 2 is 1.25 bits per heavy atom. The number of hydrogen-bond donors (Lipinski definition) is 1. The number of halogens is 4. The van der Waals surface area contributed by atoms with Crippen LogP contribution in [-0.4, -0.2) is 30.7 Å². The second-order valence-electron chi connectivity index (χ2n) is 18.6. The molecule has 6 rings (SSSR count). The Labute approximate surface area is 359 Å². The van der Waals surface area contributed by atoms with Gasteiger partial charge in [-0.3, -0.25) is 0 Å². The molecule has 0 aliphatic heterocycles. The first-order chi connectivity index (χ1) is 25.4. The van der Waals surface area contributed by atoms with Crippen LogP contribution in [0.1, 0.15) is 60.1 Å². The molecule has 306 valence electrons. The fourth-order valence-electron chi connectivity index (χ4n) is 8.90. The first kappa shape index (κ1) is 48.9. The van der Waals surface area contributed by atoms with Crippen LogP contribution in [0.3, 0.4) is 0 Å². The van der Waals surface area contributed by atoms with Crippen LogP contribution < -0.4 is 10.2 Å². The Morgan fingerprint density at radius 3 is 1.80 bits per heavy atom. The molecular weight excluding hydrogens is 838 g/mol. The number of rotatable bonds is 8. The number of aryl methyl sites for hydroxylation is 4. The maximum atomic E-state index is 14.4. The van der Waals surface area contributed by atoms with Gasteiger partial charge < -0.3 is 17.4 Å². The van der Waals surface area contributed by atoms with E-state index in [1.807, 2.05) is 6.08 Å². The minimum absolute atomic E-state index is 0. The van der Waals surface area contributed by atoms with Crippen molar-refractivity contribution < 1.29 is 25.8 Å². The number of hydrogen-bond acceptors (Lipinski definition) is 1. The van der Waals surface area contributed by atoms with E-state index in [-0.39, 0.29) is 25.0 Å². The van der Waals surface area contributed by atoms with Crippen molar-refractivity contribution in [3.8, 4) is 0 Å². The van der Waals surface area contributed by atoms with Crippen LogP contribution in [0, 0.1) is 58.7 Å². The van der Waals surface area contributed by atoms with Gasteiger partial charge in [-0.15, -0.1) is 5.69 Å². The summed E-state index contributed by atoms with van der Waals surface area (Å²) in [4.78, 5) is 9.30. The van der Waals surface area contributed by atoms with E-state index in [0.29, 0.717) is 11.8 Å². The molecule has 0 radical (unpaired) electrons. The summed E-state index contributed by atoms with van der Waals surface area (Å²) in [5.74, 6) is 1.20. The zero-order valence-corrected chi connectivity index (χ0v) is 43.7. The molecule has 1 fully saturated rings. The van der Waals surface area contributed by atoms with E-state index in [9.17, 15) is 8.78 Å². The third-order valence-corrected chi connectivity index (χ3v) is 45.6. The normalized spacial score (nSPS) is 19.0. The van der Waals surface area contributed by atoms with E-state index < -0.39 is 47.7 Å². The number of allylic oxidation sites excluding steroid dienone is 5. The number of fused-ring (bicyclic) bond motifs is 2. The van der Waals surface area contributed by atoms with E-state index in [4.69, 9.17) is 23.6 Å². The molecule has 0 spiro atoms. The average molecular weight is 904 g/mol. The van der Waals surface area contributed by atoms with Gasteiger partial charge in [0.1, 0.15) is 19.4 Å². The van der Waals surface area contributed by atoms with Gasteiger partial charge in [0.15, 0.2) is 0 Å². The molecule has 0 bridgehead atoms. The van der Waals surface area contributed by atoms with Crippen molar-refractivity contribution in [2.75, 3.05) is 4.98 Å². The molecule has 3 aromatic rings. The van der Waals surface area contributed by atoms with E-state index in [0.717, 1.165) is 30.5 Å². The molecule has 1 saturated carbocycles. The molecule has 3 atom stereocenters. The van der Waals surface area contributed by atoms with E-state index in [2.05, 4.69) is 147 Å². The summed E-state index contributed by atoms with van der Waals surface area (Å²) >= 11 is -0.556. The third-order valence-electron chi connectivity index (χ3n) is 12.9. The molecule has 3 aromatic carbocycles. The molecule has 11 heteroatoms. The van der Waals surface area contributed by atoms with Gasteiger partial charge in [0.25, 0.3) is 0 Å². The standard InChI is InChI=1S/C22H33FNSi2.C22H30FNSi2.CH3.2ClH.Ti/c2*1-15-10-16(2)12-18(11-15)24-26(6,7)25(4,5)22-9-8-21(23)19-13-17(3)14-20(19)22;;;;/h8-12,17,19-20H,13-14H2,1-7H3;8-13,24H,14H2,1-7H3;1H3;2*1H;/q-1;;-1;;;+2/p-2. The Bertz CT molecular complexity index is 1930. The fraction of sp³-hybridized carbons (Fsp3) is 0.444. The van der Waals surface area contributed by atoms with Crippen molar-refractivity contribution in [3.63, 3.8) is 0 Å². The van der Waals surface area contributed by atoms with Gasteiger partial charge in [0.2, 0.25) is 0 Å². The molecule has 0 heterocycles. The fourth-order valence-corrected chi connectivity index (χ4v) is 24.0. The molecule has 0 amide bonds. The van der Waals surface area contributed by atoms with Gasteiger partial charge in [-0.05, 0) is 114 Å². The zero-order chi connectivity index (χ0) is 41.3. The van der Waals surface area contributed by atoms with Crippen LogP contribution in [-0.2, 0) is 23.5 Å². The maximum absolute atomic E-state index is 14.4. The Hall–Kier alpha value is -1.50. The predicted molar refractivity (Wildman–Crippen MR) is 253 cm³/mol. The number of nitrogens with one attached hydrogen (secondary N) is 1. The van der Waals surface area contributed by atoms with Gasteiger partial charge >= 0.3 is 35.6 Å². The summed E-state index contributed by atoms with van der Waals surface area (Å²) in [6.45, 7) is 32.5. The first-order valence-electron chi connectivity index (χ1n) is 19.6. The molecule has 2 nitrogen and oxygen atoms in total. The number of anilines is 1. The summed E-state index contributed by atoms with van der Waals surface area (Å²) in [6, 6.07) is 17.1. The summed E-state index contributed by atoms with van der Waals surface area (Å²) in [6.07, 6.45) is 8.99. The summed E-state index contributed by atoms with van der Waals surface area (Å²) in [5, 5.41) is 2.99. The van der Waals surface area contributed by atoms with Crippen LogP contribution in [0.15, 0.2) is 77.3 Å². The minimum atomic E-state index is -1.87. The summed E-state index contributed by atoms with van der Waals surface area (Å²) < 4.78 is 28.8. The number of nitrogens with zero attached hydrogens (tertiary/aromatic N) is 1. The van der Waals surface area contributed by atoms with E-state index in [1.165, 1.54) is 44.3 Å². The number of benzene rings is 3. The third kappa shape index (κ3) is 11.0. The zero-order valence-electron chi connectivity index (χ0n) is 36.7. The molecule has 0 saturated heterocycles. The van der Waals surface area contributed by atoms with Crippen molar-refractivity contribution in [2.24, 2.45) is 17.8 Å². The molecule has 56 heavy (non-hydrogen) atoms. The van der Waals surface area contributed by atoms with Gasteiger partial charge in [-0.2, -0.15) is 0 Å². The summed E-state index contributed by atoms with van der Waals surface area (Å²) in [7, 11) is 2.54. The van der Waals surface area contributed by atoms with Crippen molar-refractivity contribution in [2.45, 2.75) is 113 Å². The van der Waals surface area contributed by atoms with Crippen LogP contribution in [0.25, 0.3) is 11.1 Å². The Morgan fingerprint density at radius 1 is 0.732 bits per heavy atom. The van der Waals surface area contributed by atoms with Gasteiger partial charge in [0, 0.05) is 17.2 Å². The molecule has 3 aliphatic rings. The molecule has 1 N–H and O–H groups in total. The van der Waals surface area contributed by atoms with Crippen LogP contribution in [0.4, 0.5) is 20.2 Å². The van der Waals surface area contributed by atoms with Gasteiger partial charge in [0.05, 0.1) is 15.2 Å². The monoisotopic (exact) mass is 902 g/mol. The molecule has 3 aliphatic carbocycles. The molecule has 3 unspecified atom stereocenters. The Balaban J connectivity index is 0.000000276.